The van der Waals surface area contributed by atoms with E-state index < -0.39 is 11.9 Å². The molecule has 0 saturated carbocycles. The Morgan fingerprint density at radius 1 is 1.24 bits per heavy atom. The molecule has 0 saturated heterocycles. The molecule has 2 aromatic rings. The zero-order chi connectivity index (χ0) is 15.6. The zero-order valence-electron chi connectivity index (χ0n) is 10.4. The number of thiocarbonyl (C=S) groups is 1. The van der Waals surface area contributed by atoms with Gasteiger partial charge in [-0.2, -0.15) is 13.2 Å². The summed E-state index contributed by atoms with van der Waals surface area (Å²) in [5.41, 5.74) is 6.02. The first-order chi connectivity index (χ1) is 9.77. The Morgan fingerprint density at radius 3 is 2.43 bits per heavy atom. The molecule has 3 N–H and O–H groups in total. The molecule has 0 aliphatic heterocycles. The number of rotatable bonds is 3. The molecule has 1 heterocycles. The Kier molecular flexibility index (Phi) is 4.34. The summed E-state index contributed by atoms with van der Waals surface area (Å²) >= 11 is 10.9. The third-order valence-electron chi connectivity index (χ3n) is 2.59. The van der Waals surface area contributed by atoms with Gasteiger partial charge in [-0.05, 0) is 30.3 Å². The number of halogens is 4. The van der Waals surface area contributed by atoms with E-state index in [1.54, 1.807) is 18.2 Å². The van der Waals surface area contributed by atoms with Crippen molar-refractivity contribution in [2.45, 2.75) is 6.18 Å². The lowest BCUT2D eigenvalue weighted by atomic mass is 10.2. The number of alkyl halides is 3. The van der Waals surface area contributed by atoms with Crippen LogP contribution in [0.4, 0.5) is 24.5 Å². The SMILES string of the molecule is NC(=S)c1ccc(Nc2ccc(C(F)(F)F)nc2)c(Cl)c1. The maximum atomic E-state index is 12.4. The van der Waals surface area contributed by atoms with E-state index in [2.05, 4.69) is 10.3 Å². The summed E-state index contributed by atoms with van der Waals surface area (Å²) in [7, 11) is 0. The van der Waals surface area contributed by atoms with Gasteiger partial charge in [-0.25, -0.2) is 4.98 Å². The van der Waals surface area contributed by atoms with Crippen LogP contribution in [0.5, 0.6) is 0 Å². The molecule has 8 heteroatoms. The largest absolute Gasteiger partial charge is 0.433 e. The molecule has 0 amide bonds. The van der Waals surface area contributed by atoms with Gasteiger partial charge >= 0.3 is 6.18 Å². The van der Waals surface area contributed by atoms with E-state index in [0.717, 1.165) is 12.3 Å². The highest BCUT2D eigenvalue weighted by Gasteiger charge is 2.32. The number of anilines is 2. The summed E-state index contributed by atoms with van der Waals surface area (Å²) in [5.74, 6) is 0. The molecule has 0 atom stereocenters. The van der Waals surface area contributed by atoms with Crippen LogP contribution in [-0.2, 0) is 6.18 Å². The van der Waals surface area contributed by atoms with Gasteiger partial charge in [-0.3, -0.25) is 0 Å². The van der Waals surface area contributed by atoms with Crippen molar-refractivity contribution < 1.29 is 13.2 Å². The lowest BCUT2D eigenvalue weighted by Crippen LogP contribution is -2.09. The van der Waals surface area contributed by atoms with Gasteiger partial charge in [-0.1, -0.05) is 23.8 Å². The molecular weight excluding hydrogens is 323 g/mol. The fraction of sp³-hybridized carbons (Fsp3) is 0.0769. The van der Waals surface area contributed by atoms with Crippen LogP contribution in [0.15, 0.2) is 36.5 Å². The highest BCUT2D eigenvalue weighted by atomic mass is 35.5. The Morgan fingerprint density at radius 2 is 1.95 bits per heavy atom. The van der Waals surface area contributed by atoms with E-state index >= 15 is 0 Å². The van der Waals surface area contributed by atoms with Crippen molar-refractivity contribution in [2.75, 3.05) is 5.32 Å². The first kappa shape index (κ1) is 15.5. The van der Waals surface area contributed by atoms with E-state index in [9.17, 15) is 13.2 Å². The molecule has 2 rings (SSSR count). The molecule has 0 unspecified atom stereocenters. The van der Waals surface area contributed by atoms with Crippen molar-refractivity contribution in [3.63, 3.8) is 0 Å². The van der Waals surface area contributed by atoms with Crippen molar-refractivity contribution in [2.24, 2.45) is 5.73 Å². The number of nitrogens with one attached hydrogen (secondary N) is 1. The van der Waals surface area contributed by atoms with Crippen molar-refractivity contribution >= 4 is 40.2 Å². The van der Waals surface area contributed by atoms with Crippen molar-refractivity contribution in [1.82, 2.24) is 4.98 Å². The lowest BCUT2D eigenvalue weighted by Gasteiger charge is -2.11. The number of benzene rings is 1. The Labute approximate surface area is 128 Å². The quantitative estimate of drug-likeness (QED) is 0.830. The third-order valence-corrected chi connectivity index (χ3v) is 3.13. The van der Waals surface area contributed by atoms with E-state index in [-0.39, 0.29) is 4.99 Å². The molecule has 110 valence electrons. The van der Waals surface area contributed by atoms with Gasteiger partial charge in [-0.15, -0.1) is 0 Å². The first-order valence-corrected chi connectivity index (χ1v) is 6.45. The van der Waals surface area contributed by atoms with E-state index in [4.69, 9.17) is 29.6 Å². The monoisotopic (exact) mass is 331 g/mol. The van der Waals surface area contributed by atoms with Crippen LogP contribution in [0.2, 0.25) is 5.02 Å². The van der Waals surface area contributed by atoms with Gasteiger partial charge in [0.25, 0.3) is 0 Å². The number of pyridine rings is 1. The zero-order valence-corrected chi connectivity index (χ0v) is 12.0. The van der Waals surface area contributed by atoms with Gasteiger partial charge in [0.1, 0.15) is 10.7 Å². The minimum atomic E-state index is -4.46. The predicted octanol–water partition coefficient (Wildman–Crippen LogP) is 4.13. The van der Waals surface area contributed by atoms with E-state index in [1.165, 1.54) is 6.07 Å². The molecule has 0 bridgehead atoms. The van der Waals surface area contributed by atoms with Gasteiger partial charge in [0.2, 0.25) is 0 Å². The first-order valence-electron chi connectivity index (χ1n) is 5.67. The summed E-state index contributed by atoms with van der Waals surface area (Å²) in [6.45, 7) is 0. The number of hydrogen-bond acceptors (Lipinski definition) is 3. The fourth-order valence-corrected chi connectivity index (χ4v) is 1.92. The molecule has 0 spiro atoms. The van der Waals surface area contributed by atoms with Gasteiger partial charge in [0.15, 0.2) is 0 Å². The van der Waals surface area contributed by atoms with Crippen LogP contribution in [0, 0.1) is 0 Å². The summed E-state index contributed by atoms with van der Waals surface area (Å²) < 4.78 is 37.2. The Balaban J connectivity index is 2.20. The maximum absolute atomic E-state index is 12.4. The lowest BCUT2D eigenvalue weighted by molar-refractivity contribution is -0.141. The molecule has 0 radical (unpaired) electrons. The molecule has 0 fully saturated rings. The number of nitrogens with two attached hydrogens (primary N) is 1. The second-order valence-electron chi connectivity index (χ2n) is 4.11. The summed E-state index contributed by atoms with van der Waals surface area (Å²) in [4.78, 5) is 3.56. The molecule has 1 aromatic carbocycles. The number of nitrogens with zero attached hydrogens (tertiary/aromatic N) is 1. The second kappa shape index (κ2) is 5.87. The molecule has 21 heavy (non-hydrogen) atoms. The maximum Gasteiger partial charge on any atom is 0.433 e. The molecule has 0 aliphatic carbocycles. The standard InChI is InChI=1S/C13H9ClF3N3S/c14-9-5-7(12(18)21)1-3-10(9)20-8-2-4-11(19-6-8)13(15,16)17/h1-6,20H,(H2,18,21). The van der Waals surface area contributed by atoms with Gasteiger partial charge < -0.3 is 11.1 Å². The number of aromatic nitrogens is 1. The van der Waals surface area contributed by atoms with Crippen LogP contribution in [0.25, 0.3) is 0 Å². The Bertz CT molecular complexity index is 671. The average Bonchev–Trinajstić information content (AvgIpc) is 2.40. The van der Waals surface area contributed by atoms with Crippen LogP contribution in [0.3, 0.4) is 0 Å². The topological polar surface area (TPSA) is 50.9 Å². The van der Waals surface area contributed by atoms with Gasteiger partial charge in [0.05, 0.1) is 22.6 Å². The highest BCUT2D eigenvalue weighted by molar-refractivity contribution is 7.80. The Hall–Kier alpha value is -1.86. The third kappa shape index (κ3) is 3.83. The average molecular weight is 332 g/mol. The van der Waals surface area contributed by atoms with Crippen LogP contribution in [0.1, 0.15) is 11.3 Å². The van der Waals surface area contributed by atoms with E-state index in [1.807, 2.05) is 0 Å². The molecule has 3 nitrogen and oxygen atoms in total. The fourth-order valence-electron chi connectivity index (χ4n) is 1.56. The van der Waals surface area contributed by atoms with Crippen molar-refractivity contribution in [3.05, 3.63) is 52.8 Å². The van der Waals surface area contributed by atoms with E-state index in [0.29, 0.717) is 22.0 Å². The minimum absolute atomic E-state index is 0.208. The second-order valence-corrected chi connectivity index (χ2v) is 4.96. The molecular formula is C13H9ClF3N3S. The predicted molar refractivity (Wildman–Crippen MR) is 79.9 cm³/mol. The summed E-state index contributed by atoms with van der Waals surface area (Å²) in [5, 5.41) is 3.22. The van der Waals surface area contributed by atoms with Crippen LogP contribution in [-0.4, -0.2) is 9.97 Å². The normalized spacial score (nSPS) is 11.2. The highest BCUT2D eigenvalue weighted by Crippen LogP contribution is 2.30. The summed E-state index contributed by atoms with van der Waals surface area (Å²) in [6.07, 6.45) is -3.38. The molecule has 0 aliphatic rings. The smallest absolute Gasteiger partial charge is 0.389 e. The van der Waals surface area contributed by atoms with Crippen molar-refractivity contribution in [3.8, 4) is 0 Å². The van der Waals surface area contributed by atoms with Crippen molar-refractivity contribution in [1.29, 1.82) is 0 Å². The molecule has 1 aromatic heterocycles. The van der Waals surface area contributed by atoms with Gasteiger partial charge in [0, 0.05) is 5.56 Å². The van der Waals surface area contributed by atoms with Crippen LogP contribution >= 0.6 is 23.8 Å². The number of hydrogen-bond donors (Lipinski definition) is 2. The summed E-state index contributed by atoms with van der Waals surface area (Å²) in [6, 6.07) is 7.03. The minimum Gasteiger partial charge on any atom is -0.389 e. The van der Waals surface area contributed by atoms with Crippen LogP contribution < -0.4 is 11.1 Å².